The first-order chi connectivity index (χ1) is 10.3. The molecule has 0 N–H and O–H groups in total. The van der Waals surface area contributed by atoms with Crippen molar-refractivity contribution in [2.45, 2.75) is 25.7 Å². The third kappa shape index (κ3) is 2.55. The van der Waals surface area contributed by atoms with Crippen LogP contribution in [-0.2, 0) is 0 Å². The van der Waals surface area contributed by atoms with Crippen molar-refractivity contribution in [3.63, 3.8) is 0 Å². The highest BCUT2D eigenvalue weighted by Crippen LogP contribution is 2.29. The monoisotopic (exact) mass is 340 g/mol. The van der Waals surface area contributed by atoms with Crippen LogP contribution in [-0.4, -0.2) is 18.1 Å². The molecule has 0 spiro atoms. The number of amidine groups is 1. The summed E-state index contributed by atoms with van der Waals surface area (Å²) in [5.41, 5.74) is 2.34. The van der Waals surface area contributed by atoms with E-state index >= 15 is 0 Å². The molecule has 2 aromatic carbocycles. The van der Waals surface area contributed by atoms with Crippen molar-refractivity contribution in [2.75, 3.05) is 6.54 Å². The molecular weight excluding hydrogens is 324 g/mol. The molecule has 0 aromatic heterocycles. The predicted molar refractivity (Wildman–Crippen MR) is 92.4 cm³/mol. The van der Waals surface area contributed by atoms with E-state index in [-0.39, 0.29) is 0 Å². The molecule has 2 aliphatic rings. The van der Waals surface area contributed by atoms with Gasteiger partial charge in [-0.3, -0.25) is 4.99 Å². The molecule has 1 aliphatic carbocycles. The molecule has 0 bridgehead atoms. The van der Waals surface area contributed by atoms with Gasteiger partial charge >= 0.3 is 0 Å². The summed E-state index contributed by atoms with van der Waals surface area (Å²) >= 11 is 3.52. The summed E-state index contributed by atoms with van der Waals surface area (Å²) in [5, 5.41) is 2.51. The Morgan fingerprint density at radius 3 is 2.57 bits per heavy atom. The van der Waals surface area contributed by atoms with Crippen LogP contribution in [0.3, 0.4) is 0 Å². The molecule has 0 saturated heterocycles. The predicted octanol–water partition coefficient (Wildman–Crippen LogP) is 4.99. The van der Waals surface area contributed by atoms with Gasteiger partial charge in [-0.1, -0.05) is 47.0 Å². The lowest BCUT2D eigenvalue weighted by atomic mass is 10.0. The normalized spacial score (nSPS) is 19.1. The van der Waals surface area contributed by atoms with E-state index in [2.05, 4.69) is 57.3 Å². The van der Waals surface area contributed by atoms with Gasteiger partial charge in [0.1, 0.15) is 5.84 Å². The second-order valence-corrected chi connectivity index (χ2v) is 6.84. The molecule has 2 aromatic rings. The van der Waals surface area contributed by atoms with Gasteiger partial charge in [0.05, 0.1) is 12.3 Å². The van der Waals surface area contributed by atoms with E-state index in [1.807, 2.05) is 0 Å². The largest absolute Gasteiger partial charge is 0.264 e. The number of nitrogens with zero attached hydrogens (tertiary/aromatic N) is 2. The van der Waals surface area contributed by atoms with Crippen LogP contribution in [0.15, 0.2) is 50.9 Å². The van der Waals surface area contributed by atoms with Gasteiger partial charge in [0.25, 0.3) is 0 Å². The zero-order valence-corrected chi connectivity index (χ0v) is 13.4. The van der Waals surface area contributed by atoms with Crippen LogP contribution in [0.5, 0.6) is 0 Å². The molecule has 1 fully saturated rings. The number of benzene rings is 2. The molecule has 4 rings (SSSR count). The maximum Gasteiger partial charge on any atom is 0.127 e. The summed E-state index contributed by atoms with van der Waals surface area (Å²) in [6.07, 6.45) is 5.20. The highest BCUT2D eigenvalue weighted by atomic mass is 79.9. The molecule has 1 aliphatic heterocycles. The van der Waals surface area contributed by atoms with E-state index in [0.29, 0.717) is 5.92 Å². The van der Waals surface area contributed by atoms with Gasteiger partial charge in [-0.15, -0.1) is 0 Å². The Hall–Kier alpha value is -1.48. The molecule has 1 saturated carbocycles. The Bertz CT molecular complexity index is 755. The van der Waals surface area contributed by atoms with Crippen LogP contribution in [0.1, 0.15) is 31.2 Å². The molecule has 0 atom stereocenters. The summed E-state index contributed by atoms with van der Waals surface area (Å²) in [6.45, 7) is 0.744. The molecule has 3 heteroatoms. The molecule has 1 heterocycles. The summed E-state index contributed by atoms with van der Waals surface area (Å²) in [6, 6.07) is 13.0. The number of hydrogen-bond acceptors (Lipinski definition) is 2. The average molecular weight is 341 g/mol. The zero-order chi connectivity index (χ0) is 14.2. The van der Waals surface area contributed by atoms with Gasteiger partial charge < -0.3 is 0 Å². The highest BCUT2D eigenvalue weighted by Gasteiger charge is 2.24. The number of halogens is 1. The quantitative estimate of drug-likeness (QED) is 0.735. The Labute approximate surface area is 133 Å². The van der Waals surface area contributed by atoms with Gasteiger partial charge in [0, 0.05) is 10.4 Å². The van der Waals surface area contributed by atoms with Crippen molar-refractivity contribution in [3.8, 4) is 0 Å². The van der Waals surface area contributed by atoms with E-state index in [0.717, 1.165) is 22.6 Å². The molecule has 0 radical (unpaired) electrons. The van der Waals surface area contributed by atoms with E-state index < -0.39 is 0 Å². The fourth-order valence-corrected chi connectivity index (χ4v) is 3.70. The number of rotatable bonds is 2. The topological polar surface area (TPSA) is 24.7 Å². The smallest absolute Gasteiger partial charge is 0.127 e. The molecule has 21 heavy (non-hydrogen) atoms. The van der Waals surface area contributed by atoms with Crippen LogP contribution in [0.2, 0.25) is 0 Å². The van der Waals surface area contributed by atoms with Crippen LogP contribution in [0, 0.1) is 5.92 Å². The Kier molecular flexibility index (Phi) is 3.38. The summed E-state index contributed by atoms with van der Waals surface area (Å²) < 4.78 is 1.12. The van der Waals surface area contributed by atoms with Crippen molar-refractivity contribution < 1.29 is 0 Å². The minimum absolute atomic E-state index is 0.610. The number of aliphatic imine (C=N–C) groups is 2. The van der Waals surface area contributed by atoms with Crippen molar-refractivity contribution >= 4 is 38.2 Å². The van der Waals surface area contributed by atoms with E-state index in [9.17, 15) is 0 Å². The lowest BCUT2D eigenvalue weighted by molar-refractivity contribution is 0.723. The minimum atomic E-state index is 0.610. The first-order valence-corrected chi connectivity index (χ1v) is 8.40. The summed E-state index contributed by atoms with van der Waals surface area (Å²) in [7, 11) is 0. The van der Waals surface area contributed by atoms with E-state index in [1.54, 1.807) is 0 Å². The molecule has 0 unspecified atom stereocenters. The van der Waals surface area contributed by atoms with Crippen LogP contribution < -0.4 is 0 Å². The van der Waals surface area contributed by atoms with Gasteiger partial charge in [-0.05, 0) is 47.4 Å². The van der Waals surface area contributed by atoms with Crippen LogP contribution >= 0.6 is 15.9 Å². The second kappa shape index (κ2) is 5.38. The first kappa shape index (κ1) is 13.2. The average Bonchev–Trinajstić information content (AvgIpc) is 3.17. The summed E-state index contributed by atoms with van der Waals surface area (Å²) in [5.74, 6) is 1.71. The fourth-order valence-electron chi connectivity index (χ4n) is 3.32. The Morgan fingerprint density at radius 2 is 1.71 bits per heavy atom. The fraction of sp³-hybridized carbons (Fsp3) is 0.333. The lowest BCUT2D eigenvalue weighted by Gasteiger charge is -2.05. The second-order valence-electron chi connectivity index (χ2n) is 5.92. The SMILES string of the molecule is Brc1ccc2cc(C3=NC(C4CCCC4)=NC3)ccc2c1. The summed E-state index contributed by atoms with van der Waals surface area (Å²) in [4.78, 5) is 9.50. The number of hydrogen-bond donors (Lipinski definition) is 0. The molecule has 2 nitrogen and oxygen atoms in total. The van der Waals surface area contributed by atoms with Crippen LogP contribution in [0.25, 0.3) is 10.8 Å². The maximum absolute atomic E-state index is 4.82. The van der Waals surface area contributed by atoms with Gasteiger partial charge in [0.2, 0.25) is 0 Å². The minimum Gasteiger partial charge on any atom is -0.264 e. The van der Waals surface area contributed by atoms with Crippen molar-refractivity contribution in [1.82, 2.24) is 0 Å². The van der Waals surface area contributed by atoms with Crippen molar-refractivity contribution in [2.24, 2.45) is 15.9 Å². The van der Waals surface area contributed by atoms with Gasteiger partial charge in [-0.25, -0.2) is 4.99 Å². The molecule has 0 amide bonds. The highest BCUT2D eigenvalue weighted by molar-refractivity contribution is 9.10. The lowest BCUT2D eigenvalue weighted by Crippen LogP contribution is -2.06. The standard InChI is InChI=1S/C18H17BrN2/c19-16-8-7-13-9-15(6-5-14(13)10-16)17-11-20-18(21-17)12-3-1-2-4-12/h5-10,12H,1-4,11H2. The van der Waals surface area contributed by atoms with Crippen LogP contribution in [0.4, 0.5) is 0 Å². The molecule has 106 valence electrons. The number of fused-ring (bicyclic) bond motifs is 1. The maximum atomic E-state index is 4.82. The van der Waals surface area contributed by atoms with E-state index in [1.165, 1.54) is 42.0 Å². The van der Waals surface area contributed by atoms with Crippen molar-refractivity contribution in [3.05, 3.63) is 46.4 Å². The van der Waals surface area contributed by atoms with Gasteiger partial charge in [0.15, 0.2) is 0 Å². The van der Waals surface area contributed by atoms with Crippen molar-refractivity contribution in [1.29, 1.82) is 0 Å². The Morgan fingerprint density at radius 1 is 0.952 bits per heavy atom. The molecular formula is C18H17BrN2. The first-order valence-electron chi connectivity index (χ1n) is 7.61. The Balaban J connectivity index is 1.65. The van der Waals surface area contributed by atoms with Gasteiger partial charge in [-0.2, -0.15) is 0 Å². The zero-order valence-electron chi connectivity index (χ0n) is 11.8. The third-order valence-corrected chi connectivity index (χ3v) is 4.99. The third-order valence-electron chi connectivity index (χ3n) is 4.50. The van der Waals surface area contributed by atoms with E-state index in [4.69, 9.17) is 4.99 Å².